The van der Waals surface area contributed by atoms with Crippen molar-refractivity contribution in [1.29, 1.82) is 0 Å². The Bertz CT molecular complexity index is 787. The Balaban J connectivity index is 1.45. The fourth-order valence-corrected chi connectivity index (χ4v) is 6.35. The Kier molecular flexibility index (Phi) is 4.59. The summed E-state index contributed by atoms with van der Waals surface area (Å²) in [4.78, 5) is 30.5. The van der Waals surface area contributed by atoms with E-state index in [1.807, 2.05) is 11.8 Å². The number of furan rings is 1. The third-order valence-corrected chi connectivity index (χ3v) is 7.55. The van der Waals surface area contributed by atoms with Gasteiger partial charge in [-0.25, -0.2) is 0 Å². The Hall–Kier alpha value is -1.66. The molecule has 0 unspecified atom stereocenters. The number of hydrogen-bond donors (Lipinski definition) is 1. The minimum Gasteiger partial charge on any atom is -0.465 e. The van der Waals surface area contributed by atoms with Crippen LogP contribution in [-0.2, 0) is 6.42 Å². The molecule has 6 nitrogen and oxygen atoms in total. The molecule has 152 valence electrons. The van der Waals surface area contributed by atoms with Crippen LogP contribution in [0.2, 0.25) is 0 Å². The van der Waals surface area contributed by atoms with E-state index in [1.54, 1.807) is 0 Å². The van der Waals surface area contributed by atoms with E-state index in [2.05, 4.69) is 4.90 Å². The van der Waals surface area contributed by atoms with E-state index in [4.69, 9.17) is 4.42 Å². The van der Waals surface area contributed by atoms with Gasteiger partial charge in [0, 0.05) is 38.0 Å². The number of carbonyl (C=O) groups excluding carboxylic acids is 2. The minimum atomic E-state index is -0.0478. The number of aliphatic hydroxyl groups excluding tert-OH is 1. The first-order valence-corrected chi connectivity index (χ1v) is 10.9. The first-order chi connectivity index (χ1) is 13.6. The molecule has 2 bridgehead atoms. The van der Waals surface area contributed by atoms with Crippen molar-refractivity contribution < 1.29 is 19.1 Å². The van der Waals surface area contributed by atoms with Gasteiger partial charge in [-0.3, -0.25) is 14.5 Å². The summed E-state index contributed by atoms with van der Waals surface area (Å²) in [6, 6.07) is 0.622. The zero-order valence-corrected chi connectivity index (χ0v) is 16.7. The number of aliphatic hydroxyl groups is 1. The lowest BCUT2D eigenvalue weighted by atomic mass is 9.72. The van der Waals surface area contributed by atoms with E-state index in [-0.39, 0.29) is 24.3 Å². The monoisotopic (exact) mass is 386 g/mol. The van der Waals surface area contributed by atoms with Gasteiger partial charge in [0.1, 0.15) is 11.5 Å². The molecule has 3 saturated heterocycles. The summed E-state index contributed by atoms with van der Waals surface area (Å²) in [6.07, 6.45) is 6.74. The highest BCUT2D eigenvalue weighted by atomic mass is 16.3. The zero-order valence-electron chi connectivity index (χ0n) is 16.7. The SMILES string of the molecule is Cc1oc2c(c1C(=O)N1C[C@H]3C[C@@H](C1)[C@H](CO)N1CCCC[C@@H]31)C(=O)CCC2. The van der Waals surface area contributed by atoms with Crippen molar-refractivity contribution >= 4 is 11.7 Å². The van der Waals surface area contributed by atoms with E-state index in [1.165, 1.54) is 12.8 Å². The normalized spacial score (nSPS) is 32.8. The van der Waals surface area contributed by atoms with Crippen LogP contribution in [0, 0.1) is 18.8 Å². The number of fused-ring (bicyclic) bond motifs is 5. The molecular formula is C22H30N2O4. The minimum absolute atomic E-state index is 0.0466. The van der Waals surface area contributed by atoms with Gasteiger partial charge < -0.3 is 14.4 Å². The molecule has 5 rings (SSSR count). The molecule has 28 heavy (non-hydrogen) atoms. The van der Waals surface area contributed by atoms with Crippen LogP contribution in [0.25, 0.3) is 0 Å². The molecule has 1 aliphatic carbocycles. The standard InChI is InChI=1S/C22H30N2O4/c1-13-20(21-18(26)6-4-7-19(21)28-13)22(27)23-10-14-9-15(11-23)17(12-25)24-8-3-2-5-16(14)24/h14-17,25H,2-12H2,1H3/t14-,15+,16+,17+/m1/s1. The van der Waals surface area contributed by atoms with Crippen LogP contribution < -0.4 is 0 Å². The van der Waals surface area contributed by atoms with Gasteiger partial charge in [-0.15, -0.1) is 0 Å². The van der Waals surface area contributed by atoms with Crippen molar-refractivity contribution in [3.8, 4) is 0 Å². The quantitative estimate of drug-likeness (QED) is 0.845. The second-order valence-corrected chi connectivity index (χ2v) is 9.13. The van der Waals surface area contributed by atoms with Crippen LogP contribution in [0.15, 0.2) is 4.42 Å². The topological polar surface area (TPSA) is 74.0 Å². The van der Waals surface area contributed by atoms with Crippen molar-refractivity contribution in [1.82, 2.24) is 9.80 Å². The second-order valence-electron chi connectivity index (χ2n) is 9.13. The molecular weight excluding hydrogens is 356 g/mol. The number of nitrogens with zero attached hydrogens (tertiary/aromatic N) is 2. The average Bonchev–Trinajstić information content (AvgIpc) is 3.05. The number of piperidine rings is 3. The fourth-order valence-electron chi connectivity index (χ4n) is 6.35. The number of likely N-dealkylation sites (tertiary alicyclic amines) is 1. The van der Waals surface area contributed by atoms with Gasteiger partial charge in [-0.2, -0.15) is 0 Å². The largest absolute Gasteiger partial charge is 0.465 e. The van der Waals surface area contributed by atoms with Gasteiger partial charge in [0.15, 0.2) is 5.78 Å². The van der Waals surface area contributed by atoms with Crippen molar-refractivity contribution in [3.05, 3.63) is 22.6 Å². The van der Waals surface area contributed by atoms with Crippen LogP contribution in [-0.4, -0.2) is 64.9 Å². The third kappa shape index (κ3) is 2.76. The van der Waals surface area contributed by atoms with Gasteiger partial charge >= 0.3 is 0 Å². The lowest BCUT2D eigenvalue weighted by Gasteiger charge is -2.56. The first-order valence-electron chi connectivity index (χ1n) is 10.9. The highest BCUT2D eigenvalue weighted by Gasteiger charge is 2.48. The molecule has 4 heterocycles. The van der Waals surface area contributed by atoms with Crippen LogP contribution in [0.3, 0.4) is 0 Å². The van der Waals surface area contributed by atoms with Gasteiger partial charge in [0.25, 0.3) is 5.91 Å². The van der Waals surface area contributed by atoms with Gasteiger partial charge in [-0.1, -0.05) is 6.42 Å². The number of rotatable bonds is 2. The van der Waals surface area contributed by atoms with Crippen molar-refractivity contribution in [3.63, 3.8) is 0 Å². The van der Waals surface area contributed by atoms with Crippen LogP contribution in [0.1, 0.15) is 70.8 Å². The summed E-state index contributed by atoms with van der Waals surface area (Å²) in [5.74, 6) is 2.05. The van der Waals surface area contributed by atoms with E-state index in [0.29, 0.717) is 53.5 Å². The van der Waals surface area contributed by atoms with Gasteiger partial charge in [-0.05, 0) is 51.0 Å². The maximum absolute atomic E-state index is 13.5. The van der Waals surface area contributed by atoms with Crippen LogP contribution in [0.4, 0.5) is 0 Å². The zero-order chi connectivity index (χ0) is 19.4. The number of Topliss-reactive ketones (excluding diaryl/α,β-unsaturated/α-hetero) is 1. The lowest BCUT2D eigenvalue weighted by Crippen LogP contribution is -2.65. The van der Waals surface area contributed by atoms with E-state index >= 15 is 0 Å². The Labute approximate surface area is 165 Å². The third-order valence-electron chi connectivity index (χ3n) is 7.55. The summed E-state index contributed by atoms with van der Waals surface area (Å²) < 4.78 is 5.83. The fraction of sp³-hybridized carbons (Fsp3) is 0.727. The summed E-state index contributed by atoms with van der Waals surface area (Å²) in [6.45, 7) is 4.46. The molecule has 0 spiro atoms. The smallest absolute Gasteiger partial charge is 0.258 e. The maximum atomic E-state index is 13.5. The predicted octanol–water partition coefficient (Wildman–Crippen LogP) is 2.41. The van der Waals surface area contributed by atoms with Gasteiger partial charge in [0.05, 0.1) is 17.7 Å². The summed E-state index contributed by atoms with van der Waals surface area (Å²) in [7, 11) is 0. The number of amides is 1. The highest BCUT2D eigenvalue weighted by Crippen LogP contribution is 2.42. The lowest BCUT2D eigenvalue weighted by molar-refractivity contribution is -0.0795. The summed E-state index contributed by atoms with van der Waals surface area (Å²) >= 11 is 0. The Morgan fingerprint density at radius 3 is 2.82 bits per heavy atom. The molecule has 1 amide bonds. The van der Waals surface area contributed by atoms with Crippen LogP contribution in [0.5, 0.6) is 0 Å². The maximum Gasteiger partial charge on any atom is 0.258 e. The number of hydrogen-bond acceptors (Lipinski definition) is 5. The Morgan fingerprint density at radius 2 is 2.00 bits per heavy atom. The molecule has 3 aliphatic heterocycles. The molecule has 1 N–H and O–H groups in total. The van der Waals surface area contributed by atoms with E-state index in [0.717, 1.165) is 38.8 Å². The number of carbonyl (C=O) groups is 2. The molecule has 6 heteroatoms. The van der Waals surface area contributed by atoms with Crippen molar-refractivity contribution in [2.75, 3.05) is 26.2 Å². The van der Waals surface area contributed by atoms with Crippen molar-refractivity contribution in [2.45, 2.75) is 64.0 Å². The summed E-state index contributed by atoms with van der Waals surface area (Å²) in [5.41, 5.74) is 1.04. The van der Waals surface area contributed by atoms with Crippen molar-refractivity contribution in [2.24, 2.45) is 11.8 Å². The molecule has 1 aromatic rings. The predicted molar refractivity (Wildman–Crippen MR) is 103 cm³/mol. The molecule has 0 saturated carbocycles. The number of aryl methyl sites for hydroxylation is 2. The first kappa shape index (κ1) is 18.4. The average molecular weight is 386 g/mol. The van der Waals surface area contributed by atoms with Gasteiger partial charge in [0.2, 0.25) is 0 Å². The molecule has 3 fully saturated rings. The number of ketones is 1. The van der Waals surface area contributed by atoms with E-state index < -0.39 is 0 Å². The molecule has 4 atom stereocenters. The second kappa shape index (κ2) is 6.99. The highest BCUT2D eigenvalue weighted by molar-refractivity contribution is 6.10. The molecule has 0 aromatic carbocycles. The molecule has 1 aromatic heterocycles. The summed E-state index contributed by atoms with van der Waals surface area (Å²) in [5, 5.41) is 10.1. The molecule has 0 radical (unpaired) electrons. The Morgan fingerprint density at radius 1 is 1.18 bits per heavy atom. The van der Waals surface area contributed by atoms with E-state index in [9.17, 15) is 14.7 Å². The van der Waals surface area contributed by atoms with Crippen LogP contribution >= 0.6 is 0 Å². The molecule has 4 aliphatic rings.